The van der Waals surface area contributed by atoms with Crippen LogP contribution in [0.15, 0.2) is 23.1 Å². The fourth-order valence-electron chi connectivity index (χ4n) is 1.55. The Balaban J connectivity index is 2.73. The predicted molar refractivity (Wildman–Crippen MR) is 71.1 cm³/mol. The standard InChI is InChI=1S/C13H20FNOS/c1-10(15-2)11-6-4-7-12(14)13(11)17-9-5-8-16-3/h4,6-7,10,15H,5,8-9H2,1-3H3. The van der Waals surface area contributed by atoms with Gasteiger partial charge in [0.15, 0.2) is 0 Å². The van der Waals surface area contributed by atoms with Gasteiger partial charge in [-0.3, -0.25) is 0 Å². The summed E-state index contributed by atoms with van der Waals surface area (Å²) in [7, 11) is 3.57. The smallest absolute Gasteiger partial charge is 0.137 e. The highest BCUT2D eigenvalue weighted by Crippen LogP contribution is 2.30. The molecule has 1 aromatic carbocycles. The van der Waals surface area contributed by atoms with E-state index in [-0.39, 0.29) is 11.9 Å². The second-order valence-corrected chi connectivity index (χ2v) is 4.97. The molecule has 0 saturated carbocycles. The van der Waals surface area contributed by atoms with Crippen molar-refractivity contribution in [2.45, 2.75) is 24.3 Å². The maximum Gasteiger partial charge on any atom is 0.137 e. The van der Waals surface area contributed by atoms with Gasteiger partial charge in [-0.2, -0.15) is 0 Å². The molecule has 4 heteroatoms. The maximum absolute atomic E-state index is 13.8. The summed E-state index contributed by atoms with van der Waals surface area (Å²) in [5.74, 6) is 0.741. The highest BCUT2D eigenvalue weighted by atomic mass is 32.2. The fraction of sp³-hybridized carbons (Fsp3) is 0.538. The van der Waals surface area contributed by atoms with Crippen LogP contribution in [-0.4, -0.2) is 26.5 Å². The SMILES string of the molecule is CNC(C)c1cccc(F)c1SCCCOC. The monoisotopic (exact) mass is 257 g/mol. The van der Waals surface area contributed by atoms with Crippen molar-refractivity contribution in [3.05, 3.63) is 29.6 Å². The number of methoxy groups -OCH3 is 1. The van der Waals surface area contributed by atoms with Gasteiger partial charge in [0.1, 0.15) is 5.82 Å². The molecule has 0 spiro atoms. The molecule has 0 amide bonds. The molecular weight excluding hydrogens is 237 g/mol. The lowest BCUT2D eigenvalue weighted by atomic mass is 10.1. The minimum atomic E-state index is -0.132. The Morgan fingerprint density at radius 1 is 1.47 bits per heavy atom. The summed E-state index contributed by atoms with van der Waals surface area (Å²) in [4.78, 5) is 0.755. The van der Waals surface area contributed by atoms with E-state index in [1.165, 1.54) is 6.07 Å². The number of hydrogen-bond donors (Lipinski definition) is 1. The van der Waals surface area contributed by atoms with Crippen molar-refractivity contribution in [2.24, 2.45) is 0 Å². The molecule has 1 atom stereocenters. The second-order valence-electron chi connectivity index (χ2n) is 3.86. The minimum absolute atomic E-state index is 0.132. The van der Waals surface area contributed by atoms with Crippen molar-refractivity contribution in [1.29, 1.82) is 0 Å². The molecule has 0 saturated heterocycles. The van der Waals surface area contributed by atoms with Crippen LogP contribution in [0.25, 0.3) is 0 Å². The van der Waals surface area contributed by atoms with Gasteiger partial charge in [0.05, 0.1) is 0 Å². The van der Waals surface area contributed by atoms with Gasteiger partial charge >= 0.3 is 0 Å². The summed E-state index contributed by atoms with van der Waals surface area (Å²) in [6.07, 6.45) is 0.933. The summed E-state index contributed by atoms with van der Waals surface area (Å²) in [5.41, 5.74) is 1.02. The molecule has 0 aromatic heterocycles. The van der Waals surface area contributed by atoms with Crippen LogP contribution in [0.5, 0.6) is 0 Å². The third-order valence-electron chi connectivity index (χ3n) is 2.64. The molecule has 0 radical (unpaired) electrons. The Labute approximate surface area is 107 Å². The van der Waals surface area contributed by atoms with E-state index in [0.29, 0.717) is 0 Å². The van der Waals surface area contributed by atoms with Crippen molar-refractivity contribution in [3.63, 3.8) is 0 Å². The predicted octanol–water partition coefficient (Wildman–Crippen LogP) is 3.23. The van der Waals surface area contributed by atoms with Crippen molar-refractivity contribution in [1.82, 2.24) is 5.32 Å². The molecular formula is C13H20FNOS. The molecule has 0 aliphatic carbocycles. The minimum Gasteiger partial charge on any atom is -0.385 e. The lowest BCUT2D eigenvalue weighted by molar-refractivity contribution is 0.200. The average Bonchev–Trinajstić information content (AvgIpc) is 2.35. The number of hydrogen-bond acceptors (Lipinski definition) is 3. The maximum atomic E-state index is 13.8. The molecule has 0 aliphatic heterocycles. The molecule has 1 rings (SSSR count). The topological polar surface area (TPSA) is 21.3 Å². The average molecular weight is 257 g/mol. The van der Waals surface area contributed by atoms with Crippen LogP contribution in [-0.2, 0) is 4.74 Å². The first kappa shape index (κ1) is 14.5. The highest BCUT2D eigenvalue weighted by Gasteiger charge is 2.13. The van der Waals surface area contributed by atoms with Gasteiger partial charge in [0.25, 0.3) is 0 Å². The summed E-state index contributed by atoms with van der Waals surface area (Å²) >= 11 is 1.56. The van der Waals surface area contributed by atoms with Gasteiger partial charge in [-0.15, -0.1) is 11.8 Å². The Morgan fingerprint density at radius 3 is 2.88 bits per heavy atom. The summed E-state index contributed by atoms with van der Waals surface area (Å²) in [6, 6.07) is 5.42. The Morgan fingerprint density at radius 2 is 2.24 bits per heavy atom. The van der Waals surface area contributed by atoms with E-state index < -0.39 is 0 Å². The molecule has 1 aromatic rings. The van der Waals surface area contributed by atoms with Crippen molar-refractivity contribution in [3.8, 4) is 0 Å². The van der Waals surface area contributed by atoms with Crippen LogP contribution in [0.1, 0.15) is 24.9 Å². The van der Waals surface area contributed by atoms with Crippen LogP contribution in [0.2, 0.25) is 0 Å². The molecule has 96 valence electrons. The van der Waals surface area contributed by atoms with E-state index in [1.54, 1.807) is 24.9 Å². The van der Waals surface area contributed by atoms with Crippen LogP contribution >= 0.6 is 11.8 Å². The lowest BCUT2D eigenvalue weighted by Crippen LogP contribution is -2.13. The zero-order valence-corrected chi connectivity index (χ0v) is 11.4. The van der Waals surface area contributed by atoms with Crippen LogP contribution in [0, 0.1) is 5.82 Å². The summed E-state index contributed by atoms with van der Waals surface area (Å²) in [5, 5.41) is 3.15. The van der Waals surface area contributed by atoms with Crippen LogP contribution in [0.3, 0.4) is 0 Å². The van der Waals surface area contributed by atoms with E-state index in [2.05, 4.69) is 5.32 Å². The molecule has 1 unspecified atom stereocenters. The molecule has 1 N–H and O–H groups in total. The number of rotatable bonds is 7. The largest absolute Gasteiger partial charge is 0.385 e. The van der Waals surface area contributed by atoms with Gasteiger partial charge in [-0.1, -0.05) is 12.1 Å². The number of nitrogens with one attached hydrogen (secondary N) is 1. The fourth-order valence-corrected chi connectivity index (χ4v) is 2.64. The third kappa shape index (κ3) is 4.30. The molecule has 0 fully saturated rings. The van der Waals surface area contributed by atoms with Gasteiger partial charge in [-0.25, -0.2) is 4.39 Å². The molecule has 0 aliphatic rings. The van der Waals surface area contributed by atoms with Crippen LogP contribution in [0.4, 0.5) is 4.39 Å². The molecule has 2 nitrogen and oxygen atoms in total. The summed E-state index contributed by atoms with van der Waals surface area (Å²) < 4.78 is 18.8. The second kappa shape index (κ2) is 7.69. The Bertz CT molecular complexity index is 346. The Kier molecular flexibility index (Phi) is 6.55. The highest BCUT2D eigenvalue weighted by molar-refractivity contribution is 7.99. The van der Waals surface area contributed by atoms with Gasteiger partial charge in [0.2, 0.25) is 0 Å². The summed E-state index contributed by atoms with van der Waals surface area (Å²) in [6.45, 7) is 2.76. The quantitative estimate of drug-likeness (QED) is 0.598. The van der Waals surface area contributed by atoms with E-state index in [9.17, 15) is 4.39 Å². The van der Waals surface area contributed by atoms with Crippen molar-refractivity contribution in [2.75, 3.05) is 26.5 Å². The zero-order chi connectivity index (χ0) is 12.7. The van der Waals surface area contributed by atoms with Crippen LogP contribution < -0.4 is 5.32 Å². The number of benzene rings is 1. The number of thioether (sulfide) groups is 1. The van der Waals surface area contributed by atoms with E-state index >= 15 is 0 Å². The third-order valence-corrected chi connectivity index (χ3v) is 3.85. The van der Waals surface area contributed by atoms with Crippen molar-refractivity contribution < 1.29 is 9.13 Å². The molecule has 0 heterocycles. The normalized spacial score (nSPS) is 12.7. The number of halogens is 1. The van der Waals surface area contributed by atoms with Gasteiger partial charge in [0, 0.05) is 30.4 Å². The molecule has 17 heavy (non-hydrogen) atoms. The first-order chi connectivity index (χ1) is 8.20. The van der Waals surface area contributed by atoms with Gasteiger partial charge in [-0.05, 0) is 32.0 Å². The van der Waals surface area contributed by atoms with E-state index in [4.69, 9.17) is 4.74 Å². The number of ether oxygens (including phenoxy) is 1. The lowest BCUT2D eigenvalue weighted by Gasteiger charge is -2.16. The molecule has 0 bridgehead atoms. The van der Waals surface area contributed by atoms with Crippen molar-refractivity contribution >= 4 is 11.8 Å². The first-order valence-electron chi connectivity index (χ1n) is 5.78. The van der Waals surface area contributed by atoms with Gasteiger partial charge < -0.3 is 10.1 Å². The Hall–Kier alpha value is -0.580. The van der Waals surface area contributed by atoms with E-state index in [0.717, 1.165) is 29.2 Å². The zero-order valence-electron chi connectivity index (χ0n) is 10.6. The first-order valence-corrected chi connectivity index (χ1v) is 6.76. The van der Waals surface area contributed by atoms with E-state index in [1.807, 2.05) is 20.0 Å².